The Morgan fingerprint density at radius 1 is 1.52 bits per heavy atom. The van der Waals surface area contributed by atoms with E-state index in [1.54, 1.807) is 12.3 Å². The molecule has 1 aliphatic heterocycles. The van der Waals surface area contributed by atoms with E-state index < -0.39 is 10.0 Å². The van der Waals surface area contributed by atoms with E-state index in [0.717, 1.165) is 12.1 Å². The van der Waals surface area contributed by atoms with Crippen LogP contribution in [0.15, 0.2) is 17.2 Å². The molecule has 7 heteroatoms. The summed E-state index contributed by atoms with van der Waals surface area (Å²) >= 11 is 0. The van der Waals surface area contributed by atoms with Crippen molar-refractivity contribution >= 4 is 10.0 Å². The second kappa shape index (κ2) is 6.91. The zero-order valence-electron chi connectivity index (χ0n) is 12.9. The maximum atomic E-state index is 12.6. The van der Waals surface area contributed by atoms with E-state index in [-0.39, 0.29) is 6.10 Å². The van der Waals surface area contributed by atoms with Crippen molar-refractivity contribution < 1.29 is 13.2 Å². The summed E-state index contributed by atoms with van der Waals surface area (Å²) in [7, 11) is -3.43. The maximum absolute atomic E-state index is 12.6. The van der Waals surface area contributed by atoms with Gasteiger partial charge in [0.25, 0.3) is 0 Å². The van der Waals surface area contributed by atoms with Gasteiger partial charge in [-0.2, -0.15) is 4.31 Å². The lowest BCUT2D eigenvalue weighted by molar-refractivity contribution is -0.00277. The quantitative estimate of drug-likeness (QED) is 0.830. The monoisotopic (exact) mass is 315 g/mol. The van der Waals surface area contributed by atoms with Crippen LogP contribution in [0.25, 0.3) is 0 Å². The topological polar surface area (TPSA) is 74.4 Å². The van der Waals surface area contributed by atoms with Gasteiger partial charge < -0.3 is 15.0 Å². The molecule has 2 heterocycles. The van der Waals surface area contributed by atoms with E-state index in [1.807, 2.05) is 6.92 Å². The number of rotatable bonds is 6. The van der Waals surface area contributed by atoms with Gasteiger partial charge in [0.1, 0.15) is 0 Å². The largest absolute Gasteiger partial charge is 0.375 e. The second-order valence-electron chi connectivity index (χ2n) is 5.66. The van der Waals surface area contributed by atoms with Crippen LogP contribution in [0.4, 0.5) is 0 Å². The normalized spacial score (nSPS) is 21.0. The fraction of sp³-hybridized carbons (Fsp3) is 0.714. The molecule has 0 spiro atoms. The van der Waals surface area contributed by atoms with E-state index in [1.165, 1.54) is 4.31 Å². The second-order valence-corrected chi connectivity index (χ2v) is 7.60. The molecule has 0 amide bonds. The predicted molar refractivity (Wildman–Crippen MR) is 81.6 cm³/mol. The summed E-state index contributed by atoms with van der Waals surface area (Å²) in [5, 5.41) is 3.26. The van der Waals surface area contributed by atoms with Gasteiger partial charge in [-0.05, 0) is 12.5 Å². The summed E-state index contributed by atoms with van der Waals surface area (Å²) in [5.74, 6) is 0. The lowest BCUT2D eigenvalue weighted by Gasteiger charge is -2.31. The first kappa shape index (κ1) is 16.5. The lowest BCUT2D eigenvalue weighted by Crippen LogP contribution is -2.45. The van der Waals surface area contributed by atoms with E-state index in [2.05, 4.69) is 24.1 Å². The zero-order chi connectivity index (χ0) is 15.5. The van der Waals surface area contributed by atoms with Crippen molar-refractivity contribution in [1.29, 1.82) is 0 Å². The number of aromatic amines is 1. The molecule has 1 saturated heterocycles. The molecule has 2 rings (SSSR count). The molecular weight excluding hydrogens is 290 g/mol. The number of aromatic nitrogens is 1. The third-order valence-electron chi connectivity index (χ3n) is 3.61. The molecule has 6 nitrogen and oxygen atoms in total. The minimum atomic E-state index is -3.43. The van der Waals surface area contributed by atoms with E-state index in [4.69, 9.17) is 4.74 Å². The highest BCUT2D eigenvalue weighted by Crippen LogP contribution is 2.20. The third kappa shape index (κ3) is 4.06. The van der Waals surface area contributed by atoms with Crippen LogP contribution in [0.1, 0.15) is 32.9 Å². The molecule has 0 saturated carbocycles. The molecule has 1 aliphatic rings. The average molecular weight is 315 g/mol. The van der Waals surface area contributed by atoms with Gasteiger partial charge in [0.05, 0.1) is 17.6 Å². The Morgan fingerprint density at radius 3 is 2.95 bits per heavy atom. The van der Waals surface area contributed by atoms with Crippen molar-refractivity contribution in [2.75, 3.05) is 19.7 Å². The fourth-order valence-electron chi connectivity index (χ4n) is 2.29. The van der Waals surface area contributed by atoms with E-state index in [9.17, 15) is 8.42 Å². The summed E-state index contributed by atoms with van der Waals surface area (Å²) < 4.78 is 32.3. The van der Waals surface area contributed by atoms with Gasteiger partial charge in [-0.25, -0.2) is 8.42 Å². The molecule has 1 aromatic rings. The molecule has 0 radical (unpaired) electrons. The van der Waals surface area contributed by atoms with Crippen LogP contribution in [0, 0.1) is 0 Å². The highest BCUT2D eigenvalue weighted by molar-refractivity contribution is 7.89. The van der Waals surface area contributed by atoms with Gasteiger partial charge in [-0.1, -0.05) is 20.8 Å². The SMILES string of the molecule is CCC1CN(S(=O)(=O)c2c[nH]c(CNC(C)C)c2)CCO1. The van der Waals surface area contributed by atoms with Crippen molar-refractivity contribution in [3.63, 3.8) is 0 Å². The molecule has 21 heavy (non-hydrogen) atoms. The van der Waals surface area contributed by atoms with Crippen LogP contribution in [-0.2, 0) is 21.3 Å². The molecule has 1 unspecified atom stereocenters. The average Bonchev–Trinajstić information content (AvgIpc) is 2.95. The first-order chi connectivity index (χ1) is 9.93. The summed E-state index contributed by atoms with van der Waals surface area (Å²) in [6.07, 6.45) is 2.39. The molecule has 1 atom stereocenters. The van der Waals surface area contributed by atoms with Gasteiger partial charge in [0.2, 0.25) is 10.0 Å². The molecule has 0 aromatic carbocycles. The highest BCUT2D eigenvalue weighted by atomic mass is 32.2. The van der Waals surface area contributed by atoms with Crippen LogP contribution in [0.2, 0.25) is 0 Å². The minimum absolute atomic E-state index is 0.00505. The van der Waals surface area contributed by atoms with Gasteiger partial charge in [-0.15, -0.1) is 0 Å². The molecule has 1 aromatic heterocycles. The number of hydrogen-bond acceptors (Lipinski definition) is 4. The fourth-order valence-corrected chi connectivity index (χ4v) is 3.77. The Balaban J connectivity index is 2.08. The van der Waals surface area contributed by atoms with Gasteiger partial charge in [-0.3, -0.25) is 0 Å². The Bertz CT molecular complexity index is 554. The summed E-state index contributed by atoms with van der Waals surface area (Å²) in [5.41, 5.74) is 0.877. The molecule has 1 fully saturated rings. The number of hydrogen-bond donors (Lipinski definition) is 2. The smallest absolute Gasteiger partial charge is 0.244 e. The van der Waals surface area contributed by atoms with Crippen LogP contribution in [0.5, 0.6) is 0 Å². The van der Waals surface area contributed by atoms with Crippen LogP contribution in [0.3, 0.4) is 0 Å². The van der Waals surface area contributed by atoms with Gasteiger partial charge >= 0.3 is 0 Å². The maximum Gasteiger partial charge on any atom is 0.244 e. The van der Waals surface area contributed by atoms with E-state index >= 15 is 0 Å². The molecule has 0 aliphatic carbocycles. The molecule has 120 valence electrons. The van der Waals surface area contributed by atoms with Crippen molar-refractivity contribution in [2.24, 2.45) is 0 Å². The number of nitrogens with zero attached hydrogens (tertiary/aromatic N) is 1. The van der Waals surface area contributed by atoms with Crippen LogP contribution < -0.4 is 5.32 Å². The molecular formula is C14H25N3O3S. The Kier molecular flexibility index (Phi) is 5.43. The van der Waals surface area contributed by atoms with Crippen molar-refractivity contribution in [3.8, 4) is 0 Å². The van der Waals surface area contributed by atoms with Crippen molar-refractivity contribution in [1.82, 2.24) is 14.6 Å². The molecule has 2 N–H and O–H groups in total. The number of ether oxygens (including phenoxy) is 1. The van der Waals surface area contributed by atoms with Crippen molar-refractivity contribution in [2.45, 2.75) is 50.8 Å². The Labute approximate surface area is 126 Å². The first-order valence-electron chi connectivity index (χ1n) is 7.46. The first-order valence-corrected chi connectivity index (χ1v) is 8.90. The van der Waals surface area contributed by atoms with Crippen LogP contribution >= 0.6 is 0 Å². The molecule has 0 bridgehead atoms. The van der Waals surface area contributed by atoms with Crippen molar-refractivity contribution in [3.05, 3.63) is 18.0 Å². The summed E-state index contributed by atoms with van der Waals surface area (Å²) in [6.45, 7) is 8.07. The summed E-state index contributed by atoms with van der Waals surface area (Å²) in [4.78, 5) is 3.37. The number of sulfonamides is 1. The van der Waals surface area contributed by atoms with Crippen LogP contribution in [-0.4, -0.2) is 49.5 Å². The minimum Gasteiger partial charge on any atom is -0.375 e. The third-order valence-corrected chi connectivity index (χ3v) is 5.45. The highest BCUT2D eigenvalue weighted by Gasteiger charge is 2.30. The number of morpholine rings is 1. The Hall–Kier alpha value is -0.890. The zero-order valence-corrected chi connectivity index (χ0v) is 13.7. The van der Waals surface area contributed by atoms with Gasteiger partial charge in [0, 0.05) is 37.6 Å². The number of nitrogens with one attached hydrogen (secondary N) is 2. The number of H-pyrrole nitrogens is 1. The van der Waals surface area contributed by atoms with E-state index in [0.29, 0.717) is 37.2 Å². The Morgan fingerprint density at radius 2 is 2.29 bits per heavy atom. The van der Waals surface area contributed by atoms with Gasteiger partial charge in [0.15, 0.2) is 0 Å². The standard InChI is InChI=1S/C14H25N3O3S/c1-4-13-10-17(5-6-20-13)21(18,19)14-7-12(16-9-14)8-15-11(2)3/h7,9,11,13,15-16H,4-6,8,10H2,1-3H3. The summed E-state index contributed by atoms with van der Waals surface area (Å²) in [6, 6.07) is 2.07. The lowest BCUT2D eigenvalue weighted by atomic mass is 10.2. The predicted octanol–water partition coefficient (Wildman–Crippen LogP) is 1.31.